The Bertz CT molecular complexity index is 1100. The normalized spacial score (nSPS) is 14.7. The lowest BCUT2D eigenvalue weighted by molar-refractivity contribution is 0.293. The van der Waals surface area contributed by atoms with Crippen LogP contribution in [0.15, 0.2) is 35.6 Å². The van der Waals surface area contributed by atoms with Gasteiger partial charge in [-0.05, 0) is 56.5 Å². The number of rotatable bonds is 5. The van der Waals surface area contributed by atoms with Gasteiger partial charge in [-0.1, -0.05) is 0 Å². The Morgan fingerprint density at radius 2 is 1.93 bits per heavy atom. The van der Waals surface area contributed by atoms with Gasteiger partial charge in [0.05, 0.1) is 29.6 Å². The molecule has 1 aromatic carbocycles. The Balaban J connectivity index is 2.01. The third-order valence-corrected chi connectivity index (χ3v) is 4.85. The van der Waals surface area contributed by atoms with Crippen molar-refractivity contribution in [2.75, 3.05) is 13.2 Å². The largest absolute Gasteiger partial charge is 0.394 e. The van der Waals surface area contributed by atoms with Gasteiger partial charge >= 0.3 is 0 Å². The van der Waals surface area contributed by atoms with Crippen molar-refractivity contribution in [2.45, 2.75) is 32.7 Å². The minimum absolute atomic E-state index is 0.0454. The molecule has 0 amide bonds. The van der Waals surface area contributed by atoms with Crippen LogP contribution in [0.25, 0.3) is 22.0 Å². The first-order valence-corrected chi connectivity index (χ1v) is 9.35. The van der Waals surface area contributed by atoms with E-state index in [1.807, 2.05) is 18.4 Å². The smallest absolute Gasteiger partial charge is 0.158 e. The molecule has 1 aliphatic carbocycles. The number of aliphatic hydroxyl groups excluding tert-OH is 1. The van der Waals surface area contributed by atoms with E-state index >= 15 is 8.78 Å². The molecule has 2 N–H and O–H groups in total. The van der Waals surface area contributed by atoms with Crippen molar-refractivity contribution in [3.05, 3.63) is 58.8 Å². The lowest BCUT2D eigenvalue weighted by Gasteiger charge is -2.15. The molecule has 1 fully saturated rings. The van der Waals surface area contributed by atoms with Crippen molar-refractivity contribution >= 4 is 10.9 Å². The summed E-state index contributed by atoms with van der Waals surface area (Å²) in [6.45, 7) is 3.80. The first kappa shape index (κ1) is 18.6. The number of hydrogen-bond acceptors (Lipinski definition) is 4. The number of pyridine rings is 2. The summed E-state index contributed by atoms with van der Waals surface area (Å²) in [5.74, 6) is -1.23. The summed E-state index contributed by atoms with van der Waals surface area (Å²) in [7, 11) is 0. The van der Waals surface area contributed by atoms with Crippen molar-refractivity contribution in [3.63, 3.8) is 0 Å². The first-order chi connectivity index (χ1) is 13.5. The standard InChI is InChI=1S/C21H22F2N4O/c1-12-9-14(10-13(2)25-12)19-17(22)11-16-18(26-24-6-8-28)5-7-27(15-3-4-15)21(16)20(19)23/h5,7,9-11,15,24,28H,3-4,6,8H2,1-2H3/b26-18+. The maximum absolute atomic E-state index is 15.7. The SMILES string of the molecule is Cc1cc(-c2c(F)cc3/c(=N/NCCO)ccn(C4CC4)c3c2F)cc(C)n1. The number of fused-ring (bicyclic) bond motifs is 1. The van der Waals surface area contributed by atoms with E-state index < -0.39 is 11.6 Å². The number of aryl methyl sites for hydroxylation is 2. The molecular formula is C21H22F2N4O. The van der Waals surface area contributed by atoms with Crippen LogP contribution < -0.4 is 10.8 Å². The van der Waals surface area contributed by atoms with Crippen LogP contribution in [0.2, 0.25) is 0 Å². The Labute approximate surface area is 161 Å². The second-order valence-corrected chi connectivity index (χ2v) is 7.17. The average molecular weight is 384 g/mol. The van der Waals surface area contributed by atoms with E-state index in [0.717, 1.165) is 12.8 Å². The van der Waals surface area contributed by atoms with Crippen molar-refractivity contribution in [1.82, 2.24) is 15.0 Å². The molecule has 7 heteroatoms. The van der Waals surface area contributed by atoms with Crippen molar-refractivity contribution in [1.29, 1.82) is 0 Å². The van der Waals surface area contributed by atoms with Crippen LogP contribution in [-0.2, 0) is 0 Å². The van der Waals surface area contributed by atoms with Crippen molar-refractivity contribution in [2.24, 2.45) is 5.10 Å². The van der Waals surface area contributed by atoms with Gasteiger partial charge in [0.1, 0.15) is 5.82 Å². The summed E-state index contributed by atoms with van der Waals surface area (Å²) in [4.78, 5) is 4.30. The van der Waals surface area contributed by atoms with E-state index in [1.54, 1.807) is 24.4 Å². The van der Waals surface area contributed by atoms with Gasteiger partial charge in [0, 0.05) is 29.0 Å². The molecule has 3 aromatic rings. The van der Waals surface area contributed by atoms with E-state index in [9.17, 15) is 0 Å². The fourth-order valence-electron chi connectivity index (χ4n) is 3.56. The highest BCUT2D eigenvalue weighted by Crippen LogP contribution is 2.39. The van der Waals surface area contributed by atoms with Crippen molar-refractivity contribution in [3.8, 4) is 11.1 Å². The second kappa shape index (κ2) is 7.31. The molecule has 0 spiro atoms. The Hall–Kier alpha value is -2.80. The maximum atomic E-state index is 15.7. The van der Waals surface area contributed by atoms with Gasteiger partial charge in [0.15, 0.2) is 5.82 Å². The molecular weight excluding hydrogens is 362 g/mol. The molecule has 2 aromatic heterocycles. The summed E-state index contributed by atoms with van der Waals surface area (Å²) in [5.41, 5.74) is 4.92. The lowest BCUT2D eigenvalue weighted by Crippen LogP contribution is -2.19. The molecule has 2 heterocycles. The number of nitrogens with zero attached hydrogens (tertiary/aromatic N) is 3. The Morgan fingerprint density at radius 1 is 1.21 bits per heavy atom. The molecule has 4 rings (SSSR count). The molecule has 1 aliphatic rings. The fourth-order valence-corrected chi connectivity index (χ4v) is 3.56. The highest BCUT2D eigenvalue weighted by atomic mass is 19.1. The van der Waals surface area contributed by atoms with E-state index in [0.29, 0.717) is 33.2 Å². The first-order valence-electron chi connectivity index (χ1n) is 9.35. The topological polar surface area (TPSA) is 62.4 Å². The zero-order valence-corrected chi connectivity index (χ0v) is 15.8. The summed E-state index contributed by atoms with van der Waals surface area (Å²) in [6, 6.07) is 6.69. The number of aliphatic hydroxyl groups is 1. The minimum atomic E-state index is -0.637. The summed E-state index contributed by atoms with van der Waals surface area (Å²) in [5, 5.41) is 14.0. The minimum Gasteiger partial charge on any atom is -0.394 e. The lowest BCUT2D eigenvalue weighted by atomic mass is 10.0. The fraction of sp³-hybridized carbons (Fsp3) is 0.333. The molecule has 0 saturated heterocycles. The van der Waals surface area contributed by atoms with Gasteiger partial charge in [-0.2, -0.15) is 5.10 Å². The van der Waals surface area contributed by atoms with Crippen molar-refractivity contribution < 1.29 is 13.9 Å². The maximum Gasteiger partial charge on any atom is 0.158 e. The molecule has 0 atom stereocenters. The van der Waals surface area contributed by atoms with Gasteiger partial charge in [-0.25, -0.2) is 8.78 Å². The molecule has 0 bridgehead atoms. The zero-order valence-electron chi connectivity index (χ0n) is 15.8. The van der Waals surface area contributed by atoms with Gasteiger partial charge in [-0.3, -0.25) is 4.98 Å². The van der Waals surface area contributed by atoms with E-state index in [-0.39, 0.29) is 24.8 Å². The number of hydrogen-bond donors (Lipinski definition) is 2. The monoisotopic (exact) mass is 384 g/mol. The van der Waals surface area contributed by atoms with E-state index in [1.165, 1.54) is 6.07 Å². The number of nitrogens with one attached hydrogen (secondary N) is 1. The summed E-state index contributed by atoms with van der Waals surface area (Å²) >= 11 is 0. The second-order valence-electron chi connectivity index (χ2n) is 7.17. The number of aromatic nitrogens is 2. The highest BCUT2D eigenvalue weighted by Gasteiger charge is 2.27. The molecule has 1 saturated carbocycles. The molecule has 146 valence electrons. The van der Waals surface area contributed by atoms with Gasteiger partial charge < -0.3 is 15.1 Å². The summed E-state index contributed by atoms with van der Waals surface area (Å²) < 4.78 is 32.7. The summed E-state index contributed by atoms with van der Waals surface area (Å²) in [6.07, 6.45) is 3.74. The average Bonchev–Trinajstić information content (AvgIpc) is 3.46. The van der Waals surface area contributed by atoms with Crippen LogP contribution in [0.3, 0.4) is 0 Å². The highest BCUT2D eigenvalue weighted by molar-refractivity contribution is 5.86. The Kier molecular flexibility index (Phi) is 4.85. The van der Waals surface area contributed by atoms with E-state index in [2.05, 4.69) is 15.5 Å². The Morgan fingerprint density at radius 3 is 2.57 bits per heavy atom. The third kappa shape index (κ3) is 3.38. The van der Waals surface area contributed by atoms with E-state index in [4.69, 9.17) is 5.11 Å². The molecule has 0 radical (unpaired) electrons. The quantitative estimate of drug-likeness (QED) is 0.524. The third-order valence-electron chi connectivity index (χ3n) is 4.85. The van der Waals surface area contributed by atoms with Crippen LogP contribution in [-0.4, -0.2) is 27.8 Å². The van der Waals surface area contributed by atoms with Crippen LogP contribution in [0.1, 0.15) is 30.3 Å². The van der Waals surface area contributed by atoms with Crippen LogP contribution >= 0.6 is 0 Å². The molecule has 5 nitrogen and oxygen atoms in total. The van der Waals surface area contributed by atoms with Gasteiger partial charge in [-0.15, -0.1) is 0 Å². The van der Waals surface area contributed by atoms with Gasteiger partial charge in [0.25, 0.3) is 0 Å². The predicted octanol–water partition coefficient (Wildman–Crippen LogP) is 3.33. The number of halogens is 2. The molecule has 0 aliphatic heterocycles. The van der Waals surface area contributed by atoms with Crippen LogP contribution in [0.4, 0.5) is 8.78 Å². The number of benzene rings is 1. The van der Waals surface area contributed by atoms with Crippen LogP contribution in [0.5, 0.6) is 0 Å². The molecule has 0 unspecified atom stereocenters. The van der Waals surface area contributed by atoms with Crippen LogP contribution in [0, 0.1) is 25.5 Å². The van der Waals surface area contributed by atoms with Gasteiger partial charge in [0.2, 0.25) is 0 Å². The predicted molar refractivity (Wildman–Crippen MR) is 103 cm³/mol. The molecule has 28 heavy (non-hydrogen) atoms. The zero-order chi connectivity index (χ0) is 19.8.